The first-order valence-electron chi connectivity index (χ1n) is 9.18. The highest BCUT2D eigenvalue weighted by Crippen LogP contribution is 2.29. The molecule has 0 saturated carbocycles. The largest absolute Gasteiger partial charge is 0.495 e. The molecule has 0 aliphatic carbocycles. The Morgan fingerprint density at radius 3 is 2.73 bits per heavy atom. The molecule has 1 aliphatic heterocycles. The van der Waals surface area contributed by atoms with Crippen molar-refractivity contribution in [1.29, 1.82) is 0 Å². The maximum absolute atomic E-state index is 13.6. The van der Waals surface area contributed by atoms with Gasteiger partial charge in [-0.05, 0) is 59.3 Å². The van der Waals surface area contributed by atoms with Crippen molar-refractivity contribution in [2.45, 2.75) is 17.9 Å². The predicted octanol–water partition coefficient (Wildman–Crippen LogP) is 3.90. The van der Waals surface area contributed by atoms with Crippen LogP contribution >= 0.6 is 11.3 Å². The van der Waals surface area contributed by atoms with Gasteiger partial charge in [0.2, 0.25) is 0 Å². The second kappa shape index (κ2) is 8.08. The Hall–Kier alpha value is -2.91. The molecule has 2 heterocycles. The SMILES string of the molecule is COc1ccc(F)cc1S(=O)(=O)Nc1ccc2c(c1)CN(C(=O)c1cccs1)CC2. The van der Waals surface area contributed by atoms with E-state index in [-0.39, 0.29) is 16.6 Å². The molecule has 1 aliphatic rings. The Labute approximate surface area is 178 Å². The van der Waals surface area contributed by atoms with Crippen LogP contribution in [0, 0.1) is 5.82 Å². The van der Waals surface area contributed by atoms with Crippen LogP contribution in [0.25, 0.3) is 0 Å². The molecule has 0 radical (unpaired) electrons. The van der Waals surface area contributed by atoms with Gasteiger partial charge in [-0.15, -0.1) is 11.3 Å². The topological polar surface area (TPSA) is 75.7 Å². The van der Waals surface area contributed by atoms with Gasteiger partial charge < -0.3 is 9.64 Å². The van der Waals surface area contributed by atoms with Gasteiger partial charge in [-0.1, -0.05) is 12.1 Å². The summed E-state index contributed by atoms with van der Waals surface area (Å²) in [5.74, 6) is -0.662. The molecule has 0 fully saturated rings. The number of methoxy groups -OCH3 is 1. The fourth-order valence-corrected chi connectivity index (χ4v) is 5.34. The van der Waals surface area contributed by atoms with E-state index in [1.807, 2.05) is 17.5 Å². The number of carbonyl (C=O) groups excluding carboxylic acids is 1. The lowest BCUT2D eigenvalue weighted by Crippen LogP contribution is -2.35. The van der Waals surface area contributed by atoms with Crippen molar-refractivity contribution in [3.8, 4) is 5.75 Å². The van der Waals surface area contributed by atoms with Crippen LogP contribution in [0.2, 0.25) is 0 Å². The zero-order chi connectivity index (χ0) is 21.3. The maximum atomic E-state index is 13.6. The first-order valence-corrected chi connectivity index (χ1v) is 11.5. The van der Waals surface area contributed by atoms with E-state index < -0.39 is 15.8 Å². The molecule has 9 heteroatoms. The van der Waals surface area contributed by atoms with E-state index in [0.717, 1.165) is 23.3 Å². The number of benzene rings is 2. The van der Waals surface area contributed by atoms with Gasteiger partial charge in [-0.2, -0.15) is 0 Å². The van der Waals surface area contributed by atoms with Gasteiger partial charge in [-0.3, -0.25) is 9.52 Å². The van der Waals surface area contributed by atoms with Crippen LogP contribution in [0.3, 0.4) is 0 Å². The summed E-state index contributed by atoms with van der Waals surface area (Å²) >= 11 is 1.39. The van der Waals surface area contributed by atoms with Crippen molar-refractivity contribution in [2.24, 2.45) is 0 Å². The minimum atomic E-state index is -4.06. The number of thiophene rings is 1. The van der Waals surface area contributed by atoms with Crippen LogP contribution in [0.4, 0.5) is 10.1 Å². The van der Waals surface area contributed by atoms with Crippen LogP contribution in [-0.4, -0.2) is 32.9 Å². The summed E-state index contributed by atoms with van der Waals surface area (Å²) in [7, 11) is -2.74. The van der Waals surface area contributed by atoms with Crippen LogP contribution in [0.5, 0.6) is 5.75 Å². The maximum Gasteiger partial charge on any atom is 0.265 e. The van der Waals surface area contributed by atoms with Crippen LogP contribution in [0.1, 0.15) is 20.8 Å². The summed E-state index contributed by atoms with van der Waals surface area (Å²) in [5, 5.41) is 1.86. The third kappa shape index (κ3) is 4.03. The summed E-state index contributed by atoms with van der Waals surface area (Å²) in [5.41, 5.74) is 2.28. The Morgan fingerprint density at radius 1 is 1.17 bits per heavy atom. The zero-order valence-electron chi connectivity index (χ0n) is 16.1. The Bertz CT molecular complexity index is 1190. The van der Waals surface area contributed by atoms with Gasteiger partial charge >= 0.3 is 0 Å². The van der Waals surface area contributed by atoms with E-state index in [1.54, 1.807) is 23.1 Å². The smallest absolute Gasteiger partial charge is 0.265 e. The molecule has 6 nitrogen and oxygen atoms in total. The molecular weight excluding hydrogens is 427 g/mol. The van der Waals surface area contributed by atoms with E-state index in [4.69, 9.17) is 4.74 Å². The minimum Gasteiger partial charge on any atom is -0.495 e. The van der Waals surface area contributed by atoms with E-state index in [9.17, 15) is 17.6 Å². The molecule has 2 aromatic carbocycles. The average Bonchev–Trinajstić information content (AvgIpc) is 3.27. The fraction of sp³-hybridized carbons (Fsp3) is 0.190. The van der Waals surface area contributed by atoms with E-state index in [2.05, 4.69) is 4.72 Å². The molecule has 0 unspecified atom stereocenters. The number of sulfonamides is 1. The van der Waals surface area contributed by atoms with Crippen molar-refractivity contribution in [1.82, 2.24) is 4.90 Å². The lowest BCUT2D eigenvalue weighted by molar-refractivity contribution is 0.0739. The average molecular weight is 447 g/mol. The Morgan fingerprint density at radius 2 is 2.00 bits per heavy atom. The molecule has 0 saturated heterocycles. The van der Waals surface area contributed by atoms with Crippen molar-refractivity contribution >= 4 is 33.0 Å². The molecule has 1 aromatic heterocycles. The molecule has 3 aromatic rings. The molecule has 30 heavy (non-hydrogen) atoms. The number of ether oxygens (including phenoxy) is 1. The summed E-state index contributed by atoms with van der Waals surface area (Å²) < 4.78 is 46.8. The fourth-order valence-electron chi connectivity index (χ4n) is 3.42. The van der Waals surface area contributed by atoms with Gasteiger partial charge in [0.25, 0.3) is 15.9 Å². The quantitative estimate of drug-likeness (QED) is 0.645. The number of hydrogen-bond donors (Lipinski definition) is 1. The zero-order valence-corrected chi connectivity index (χ0v) is 17.7. The van der Waals surface area contributed by atoms with Gasteiger partial charge in [0, 0.05) is 18.8 Å². The molecule has 0 bridgehead atoms. The summed E-state index contributed by atoms with van der Waals surface area (Å²) in [6, 6.07) is 12.2. The number of hydrogen-bond acceptors (Lipinski definition) is 5. The second-order valence-corrected chi connectivity index (χ2v) is 9.44. The number of halogens is 1. The Kier molecular flexibility index (Phi) is 5.48. The van der Waals surface area contributed by atoms with Gasteiger partial charge in [-0.25, -0.2) is 12.8 Å². The molecule has 0 atom stereocenters. The molecular formula is C21H19FN2O4S2. The molecule has 156 valence electrons. The van der Waals surface area contributed by atoms with Crippen molar-refractivity contribution in [3.63, 3.8) is 0 Å². The summed E-state index contributed by atoms with van der Waals surface area (Å²) in [6.07, 6.45) is 0.692. The summed E-state index contributed by atoms with van der Waals surface area (Å²) in [6.45, 7) is 1.00. The van der Waals surface area contributed by atoms with Crippen LogP contribution in [-0.2, 0) is 23.0 Å². The second-order valence-electron chi connectivity index (χ2n) is 6.84. The highest BCUT2D eigenvalue weighted by atomic mass is 32.2. The number of nitrogens with zero attached hydrogens (tertiary/aromatic N) is 1. The third-order valence-corrected chi connectivity index (χ3v) is 7.17. The monoisotopic (exact) mass is 446 g/mol. The molecule has 1 N–H and O–H groups in total. The lowest BCUT2D eigenvalue weighted by atomic mass is 9.99. The lowest BCUT2D eigenvalue weighted by Gasteiger charge is -2.29. The first kappa shape index (κ1) is 20.4. The van der Waals surface area contributed by atoms with Crippen LogP contribution < -0.4 is 9.46 Å². The van der Waals surface area contributed by atoms with Crippen LogP contribution in [0.15, 0.2) is 58.8 Å². The van der Waals surface area contributed by atoms with Gasteiger partial charge in [0.05, 0.1) is 12.0 Å². The Balaban J connectivity index is 1.58. The molecule has 4 rings (SSSR count). The van der Waals surface area contributed by atoms with E-state index in [1.165, 1.54) is 24.5 Å². The van der Waals surface area contributed by atoms with Crippen molar-refractivity contribution < 1.29 is 22.3 Å². The third-order valence-electron chi connectivity index (χ3n) is 4.91. The number of amides is 1. The number of fused-ring (bicyclic) bond motifs is 1. The number of rotatable bonds is 5. The molecule has 1 amide bonds. The highest BCUT2D eigenvalue weighted by Gasteiger charge is 2.24. The predicted molar refractivity (Wildman–Crippen MR) is 113 cm³/mol. The van der Waals surface area contributed by atoms with E-state index in [0.29, 0.717) is 30.1 Å². The van der Waals surface area contributed by atoms with E-state index >= 15 is 0 Å². The van der Waals surface area contributed by atoms with Gasteiger partial charge in [0.1, 0.15) is 16.5 Å². The molecule has 0 spiro atoms. The highest BCUT2D eigenvalue weighted by molar-refractivity contribution is 7.92. The van der Waals surface area contributed by atoms with Gasteiger partial charge in [0.15, 0.2) is 0 Å². The number of nitrogens with one attached hydrogen (secondary N) is 1. The van der Waals surface area contributed by atoms with Crippen molar-refractivity contribution in [3.05, 3.63) is 75.7 Å². The minimum absolute atomic E-state index is 0.0360. The van der Waals surface area contributed by atoms with Crippen molar-refractivity contribution in [2.75, 3.05) is 18.4 Å². The number of carbonyl (C=O) groups is 1. The number of anilines is 1. The normalized spacial score (nSPS) is 13.6. The standard InChI is InChI=1S/C21H19FN2O4S2/c1-28-18-7-5-16(22)12-20(18)30(26,27)23-17-6-4-14-8-9-24(13-15(14)11-17)21(25)19-3-2-10-29-19/h2-7,10-12,23H,8-9,13H2,1H3. The summed E-state index contributed by atoms with van der Waals surface area (Å²) in [4.78, 5) is 14.8. The first-order chi connectivity index (χ1) is 14.4.